The zero-order chi connectivity index (χ0) is 13.3. The molecule has 0 aromatic rings. The molecule has 0 radical (unpaired) electrons. The Bertz CT molecular complexity index is 458. The van der Waals surface area contributed by atoms with E-state index in [-0.39, 0.29) is 12.2 Å². The molecule has 6 nitrogen and oxygen atoms in total. The number of carbonyl (C=O) groups is 4. The van der Waals surface area contributed by atoms with E-state index in [4.69, 9.17) is 0 Å². The van der Waals surface area contributed by atoms with Gasteiger partial charge in [0.15, 0.2) is 5.78 Å². The summed E-state index contributed by atoms with van der Waals surface area (Å²) in [6.07, 6.45) is 3.18. The van der Waals surface area contributed by atoms with Crippen LogP contribution in [-0.2, 0) is 14.4 Å². The Labute approximate surface area is 104 Å². The summed E-state index contributed by atoms with van der Waals surface area (Å²) in [6, 6.07) is -0.809. The molecule has 2 aliphatic rings. The molecule has 18 heavy (non-hydrogen) atoms. The summed E-state index contributed by atoms with van der Waals surface area (Å²) in [4.78, 5) is 46.6. The van der Waals surface area contributed by atoms with Gasteiger partial charge in [0.2, 0.25) is 11.8 Å². The Hall–Kier alpha value is -1.98. The number of hydrogen-bond donors (Lipinski definition) is 2. The Morgan fingerprint density at radius 3 is 2.22 bits per heavy atom. The van der Waals surface area contributed by atoms with Gasteiger partial charge in [-0.05, 0) is 30.9 Å². The molecule has 6 heteroatoms. The van der Waals surface area contributed by atoms with Gasteiger partial charge >= 0.3 is 6.03 Å². The number of hydrogen-bond acceptors (Lipinski definition) is 4. The minimum absolute atomic E-state index is 0.0819. The molecule has 2 N–H and O–H groups in total. The molecule has 0 aromatic heterocycles. The highest BCUT2D eigenvalue weighted by Crippen LogP contribution is 2.38. The first-order valence-corrected chi connectivity index (χ1v) is 5.91. The molecule has 0 saturated carbocycles. The average molecular weight is 250 g/mol. The van der Waals surface area contributed by atoms with E-state index in [9.17, 15) is 19.2 Å². The SMILES string of the molecule is CCC1(C2=CC(=O)CCC2)C(=O)NC(=O)NC1=O. The number of imide groups is 2. The minimum Gasteiger partial charge on any atom is -0.295 e. The fourth-order valence-electron chi connectivity index (χ4n) is 2.52. The van der Waals surface area contributed by atoms with Crippen molar-refractivity contribution in [3.63, 3.8) is 0 Å². The van der Waals surface area contributed by atoms with Crippen molar-refractivity contribution in [2.45, 2.75) is 32.6 Å². The number of carbonyl (C=O) groups excluding carboxylic acids is 4. The lowest BCUT2D eigenvalue weighted by molar-refractivity contribution is -0.142. The van der Waals surface area contributed by atoms with Crippen LogP contribution in [0.25, 0.3) is 0 Å². The van der Waals surface area contributed by atoms with Crippen LogP contribution in [0.5, 0.6) is 0 Å². The second kappa shape index (κ2) is 4.36. The third kappa shape index (κ3) is 1.73. The Kier molecular flexibility index (Phi) is 3.02. The Balaban J connectivity index is 2.47. The highest BCUT2D eigenvalue weighted by Gasteiger charge is 2.51. The molecule has 0 unspecified atom stereocenters. The summed E-state index contributed by atoms with van der Waals surface area (Å²) in [7, 11) is 0. The highest BCUT2D eigenvalue weighted by molar-refractivity contribution is 6.21. The number of ketones is 1. The Morgan fingerprint density at radius 1 is 1.11 bits per heavy atom. The van der Waals surface area contributed by atoms with Gasteiger partial charge in [0.05, 0.1) is 0 Å². The molecule has 0 spiro atoms. The lowest BCUT2D eigenvalue weighted by atomic mass is 9.71. The van der Waals surface area contributed by atoms with Crippen LogP contribution in [0.15, 0.2) is 11.6 Å². The first-order valence-electron chi connectivity index (χ1n) is 5.91. The number of nitrogens with one attached hydrogen (secondary N) is 2. The minimum atomic E-state index is -1.41. The number of urea groups is 1. The van der Waals surface area contributed by atoms with Crippen molar-refractivity contribution in [3.8, 4) is 0 Å². The van der Waals surface area contributed by atoms with E-state index in [0.717, 1.165) is 0 Å². The van der Waals surface area contributed by atoms with Crippen molar-refractivity contribution in [2.75, 3.05) is 0 Å². The predicted molar refractivity (Wildman–Crippen MR) is 61.3 cm³/mol. The second-order valence-electron chi connectivity index (χ2n) is 4.49. The molecule has 1 heterocycles. The number of allylic oxidation sites excluding steroid dienone is 1. The molecule has 0 atom stereocenters. The van der Waals surface area contributed by atoms with Gasteiger partial charge in [0, 0.05) is 6.42 Å². The van der Waals surface area contributed by atoms with Crippen LogP contribution in [-0.4, -0.2) is 23.6 Å². The maximum atomic E-state index is 12.0. The maximum absolute atomic E-state index is 12.0. The first kappa shape index (κ1) is 12.5. The first-order chi connectivity index (χ1) is 8.50. The monoisotopic (exact) mass is 250 g/mol. The summed E-state index contributed by atoms with van der Waals surface area (Å²) in [5, 5.41) is 4.20. The van der Waals surface area contributed by atoms with Gasteiger partial charge in [-0.3, -0.25) is 25.0 Å². The van der Waals surface area contributed by atoms with Gasteiger partial charge < -0.3 is 0 Å². The predicted octanol–water partition coefficient (Wildman–Crippen LogP) is 0.428. The second-order valence-corrected chi connectivity index (χ2v) is 4.49. The van der Waals surface area contributed by atoms with Crippen LogP contribution in [0.1, 0.15) is 32.6 Å². The standard InChI is InChI=1S/C12H14N2O4/c1-2-12(7-4-3-5-8(15)6-7)9(16)13-11(18)14-10(12)17/h6H,2-5H2,1H3,(H2,13,14,16,17,18). The number of amides is 4. The zero-order valence-electron chi connectivity index (χ0n) is 10.0. The van der Waals surface area contributed by atoms with Gasteiger partial charge in [-0.1, -0.05) is 6.92 Å². The largest absolute Gasteiger partial charge is 0.328 e. The van der Waals surface area contributed by atoms with E-state index in [1.807, 2.05) is 0 Å². The molecule has 2 rings (SSSR count). The summed E-state index contributed by atoms with van der Waals surface area (Å²) >= 11 is 0. The molecular weight excluding hydrogens is 236 g/mol. The zero-order valence-corrected chi connectivity index (χ0v) is 10.0. The molecule has 1 aliphatic carbocycles. The fraction of sp³-hybridized carbons (Fsp3) is 0.500. The van der Waals surface area contributed by atoms with Crippen LogP contribution in [0.3, 0.4) is 0 Å². The van der Waals surface area contributed by atoms with Crippen molar-refractivity contribution < 1.29 is 19.2 Å². The van der Waals surface area contributed by atoms with E-state index in [2.05, 4.69) is 10.6 Å². The smallest absolute Gasteiger partial charge is 0.295 e. The van der Waals surface area contributed by atoms with Crippen molar-refractivity contribution >= 4 is 23.6 Å². The summed E-state index contributed by atoms with van der Waals surface area (Å²) in [5.41, 5.74) is -0.909. The topological polar surface area (TPSA) is 92.3 Å². The molecule has 1 aliphatic heterocycles. The van der Waals surface area contributed by atoms with Gasteiger partial charge in [-0.2, -0.15) is 0 Å². The number of rotatable bonds is 2. The molecular formula is C12H14N2O4. The summed E-state index contributed by atoms with van der Waals surface area (Å²) in [6.45, 7) is 1.69. The van der Waals surface area contributed by atoms with E-state index in [1.165, 1.54) is 6.08 Å². The van der Waals surface area contributed by atoms with Gasteiger partial charge in [-0.25, -0.2) is 4.79 Å². The molecule has 96 valence electrons. The maximum Gasteiger partial charge on any atom is 0.328 e. The van der Waals surface area contributed by atoms with Gasteiger partial charge in [0.1, 0.15) is 5.41 Å². The van der Waals surface area contributed by atoms with E-state index < -0.39 is 23.3 Å². The normalized spacial score (nSPS) is 23.3. The van der Waals surface area contributed by atoms with Crippen LogP contribution in [0, 0.1) is 5.41 Å². The van der Waals surface area contributed by atoms with Crippen LogP contribution in [0.2, 0.25) is 0 Å². The molecule has 4 amide bonds. The van der Waals surface area contributed by atoms with Crippen molar-refractivity contribution in [3.05, 3.63) is 11.6 Å². The van der Waals surface area contributed by atoms with E-state index in [0.29, 0.717) is 24.8 Å². The van der Waals surface area contributed by atoms with Gasteiger partial charge in [0.25, 0.3) is 0 Å². The number of barbiturate groups is 1. The average Bonchev–Trinajstić information content (AvgIpc) is 2.29. The third-order valence-electron chi connectivity index (χ3n) is 3.51. The quantitative estimate of drug-likeness (QED) is 0.695. The molecule has 1 saturated heterocycles. The molecule has 0 bridgehead atoms. The fourth-order valence-corrected chi connectivity index (χ4v) is 2.52. The molecule has 0 aromatic carbocycles. The van der Waals surface area contributed by atoms with Crippen LogP contribution < -0.4 is 10.6 Å². The van der Waals surface area contributed by atoms with Crippen LogP contribution in [0.4, 0.5) is 4.79 Å². The lowest BCUT2D eigenvalue weighted by Gasteiger charge is -2.36. The van der Waals surface area contributed by atoms with Crippen molar-refractivity contribution in [1.82, 2.24) is 10.6 Å². The summed E-state index contributed by atoms with van der Waals surface area (Å²) in [5.74, 6) is -1.36. The van der Waals surface area contributed by atoms with E-state index >= 15 is 0 Å². The highest BCUT2D eigenvalue weighted by atomic mass is 16.2. The van der Waals surface area contributed by atoms with Gasteiger partial charge in [-0.15, -0.1) is 0 Å². The van der Waals surface area contributed by atoms with Crippen molar-refractivity contribution in [2.24, 2.45) is 5.41 Å². The summed E-state index contributed by atoms with van der Waals surface area (Å²) < 4.78 is 0. The lowest BCUT2D eigenvalue weighted by Crippen LogP contribution is -2.63. The van der Waals surface area contributed by atoms with Crippen LogP contribution >= 0.6 is 0 Å². The Morgan fingerprint density at radius 2 is 1.72 bits per heavy atom. The molecule has 1 fully saturated rings. The van der Waals surface area contributed by atoms with E-state index in [1.54, 1.807) is 6.92 Å². The van der Waals surface area contributed by atoms with Crippen molar-refractivity contribution in [1.29, 1.82) is 0 Å². The third-order valence-corrected chi connectivity index (χ3v) is 3.51.